The van der Waals surface area contributed by atoms with Crippen molar-refractivity contribution in [2.24, 2.45) is 34.8 Å². The van der Waals surface area contributed by atoms with Crippen LogP contribution in [0.25, 0.3) is 0 Å². The minimum absolute atomic E-state index is 0.0435. The summed E-state index contributed by atoms with van der Waals surface area (Å²) in [5, 5.41) is 3.36. The van der Waals surface area contributed by atoms with Crippen molar-refractivity contribution in [3.05, 3.63) is 0 Å². The van der Waals surface area contributed by atoms with Crippen LogP contribution in [0.5, 0.6) is 0 Å². The number of carbonyl (C=O) groups excluding carboxylic acids is 1. The Hall–Kier alpha value is -0.640. The van der Waals surface area contributed by atoms with Gasteiger partial charge in [-0.1, -0.05) is 18.6 Å². The van der Waals surface area contributed by atoms with E-state index in [1.807, 2.05) is 0 Å². The summed E-state index contributed by atoms with van der Waals surface area (Å²) in [6.07, 6.45) is 10.8. The van der Waals surface area contributed by atoms with Gasteiger partial charge in [0.2, 0.25) is 5.91 Å². The second kappa shape index (κ2) is 4.94. The van der Waals surface area contributed by atoms with Gasteiger partial charge in [-0.05, 0) is 69.1 Å². The molecular formula is C17H26N2OS. The third kappa shape index (κ3) is 2.30. The van der Waals surface area contributed by atoms with Gasteiger partial charge in [0, 0.05) is 17.4 Å². The Morgan fingerprint density at radius 1 is 1.05 bits per heavy atom. The Morgan fingerprint density at radius 3 is 2.14 bits per heavy atom. The highest BCUT2D eigenvalue weighted by atomic mass is 32.1. The van der Waals surface area contributed by atoms with Gasteiger partial charge in [0.15, 0.2) is 0 Å². The van der Waals surface area contributed by atoms with E-state index < -0.39 is 0 Å². The molecule has 2 atom stereocenters. The molecule has 5 fully saturated rings. The summed E-state index contributed by atoms with van der Waals surface area (Å²) in [4.78, 5) is 13.6. The van der Waals surface area contributed by atoms with Gasteiger partial charge in [0.25, 0.3) is 0 Å². The number of nitrogens with one attached hydrogen (secondary N) is 1. The van der Waals surface area contributed by atoms with E-state index in [2.05, 4.69) is 5.32 Å². The normalized spacial score (nSPS) is 47.5. The van der Waals surface area contributed by atoms with Crippen LogP contribution in [0.1, 0.15) is 57.8 Å². The van der Waals surface area contributed by atoms with E-state index in [0.29, 0.717) is 10.9 Å². The largest absolute Gasteiger partial charge is 0.393 e. The van der Waals surface area contributed by atoms with E-state index in [1.54, 1.807) is 0 Å². The number of amides is 1. The molecule has 0 aromatic carbocycles. The maximum atomic E-state index is 13.0. The highest BCUT2D eigenvalue weighted by Gasteiger charge is 2.55. The maximum absolute atomic E-state index is 13.0. The molecule has 0 radical (unpaired) electrons. The minimum atomic E-state index is -0.0435. The summed E-state index contributed by atoms with van der Waals surface area (Å²) in [5.74, 6) is 3.00. The molecule has 0 aromatic heterocycles. The fourth-order valence-electron chi connectivity index (χ4n) is 6.18. The average molecular weight is 306 g/mol. The van der Waals surface area contributed by atoms with Crippen LogP contribution in [0.2, 0.25) is 0 Å². The van der Waals surface area contributed by atoms with Crippen LogP contribution in [0.15, 0.2) is 0 Å². The van der Waals surface area contributed by atoms with Crippen molar-refractivity contribution >= 4 is 23.1 Å². The predicted octanol–water partition coefficient (Wildman–Crippen LogP) is 2.77. The minimum Gasteiger partial charge on any atom is -0.393 e. The second-order valence-corrected chi connectivity index (χ2v) is 8.69. The SMILES string of the molecule is NC(=S)C1CCCC1NC(=O)C12CC3CC(CC(C3)C1)C2. The molecule has 0 spiro atoms. The molecule has 5 aliphatic carbocycles. The molecule has 0 aromatic rings. The molecule has 5 saturated carbocycles. The summed E-state index contributed by atoms with van der Waals surface area (Å²) >= 11 is 5.18. The number of nitrogens with two attached hydrogens (primary N) is 1. The molecule has 3 N–H and O–H groups in total. The van der Waals surface area contributed by atoms with Gasteiger partial charge < -0.3 is 11.1 Å². The van der Waals surface area contributed by atoms with E-state index in [1.165, 1.54) is 19.3 Å². The van der Waals surface area contributed by atoms with Crippen LogP contribution < -0.4 is 11.1 Å². The molecule has 0 aliphatic heterocycles. The lowest BCUT2D eigenvalue weighted by molar-refractivity contribution is -0.147. The highest BCUT2D eigenvalue weighted by Crippen LogP contribution is 2.60. The number of hydrogen-bond acceptors (Lipinski definition) is 2. The van der Waals surface area contributed by atoms with E-state index in [0.717, 1.165) is 56.3 Å². The average Bonchev–Trinajstić information content (AvgIpc) is 2.85. The lowest BCUT2D eigenvalue weighted by Crippen LogP contribution is -2.56. The zero-order valence-corrected chi connectivity index (χ0v) is 13.5. The first-order chi connectivity index (χ1) is 10.1. The Balaban J connectivity index is 1.49. The highest BCUT2D eigenvalue weighted by molar-refractivity contribution is 7.80. The van der Waals surface area contributed by atoms with E-state index in [9.17, 15) is 4.79 Å². The van der Waals surface area contributed by atoms with Crippen LogP contribution >= 0.6 is 12.2 Å². The van der Waals surface area contributed by atoms with Crippen LogP contribution in [0, 0.1) is 29.1 Å². The molecule has 21 heavy (non-hydrogen) atoms. The Kier molecular flexibility index (Phi) is 3.29. The van der Waals surface area contributed by atoms with Crippen molar-refractivity contribution in [2.75, 3.05) is 0 Å². The summed E-state index contributed by atoms with van der Waals surface area (Å²) in [6, 6.07) is 0.197. The Morgan fingerprint density at radius 2 is 1.62 bits per heavy atom. The van der Waals surface area contributed by atoms with Gasteiger partial charge >= 0.3 is 0 Å². The van der Waals surface area contributed by atoms with Crippen molar-refractivity contribution in [1.82, 2.24) is 5.32 Å². The molecule has 5 rings (SSSR count). The summed E-state index contributed by atoms with van der Waals surface area (Å²) in [5.41, 5.74) is 5.81. The number of rotatable bonds is 3. The smallest absolute Gasteiger partial charge is 0.226 e. The number of hydrogen-bond donors (Lipinski definition) is 2. The van der Waals surface area contributed by atoms with Gasteiger partial charge in [-0.2, -0.15) is 0 Å². The van der Waals surface area contributed by atoms with Crippen LogP contribution in [-0.2, 0) is 4.79 Å². The monoisotopic (exact) mass is 306 g/mol. The Bertz CT molecular complexity index is 440. The summed E-state index contributed by atoms with van der Waals surface area (Å²) in [6.45, 7) is 0. The molecule has 116 valence electrons. The first kappa shape index (κ1) is 14.0. The lowest BCUT2D eigenvalue weighted by atomic mass is 9.49. The molecule has 5 aliphatic rings. The van der Waals surface area contributed by atoms with Gasteiger partial charge in [0.05, 0.1) is 4.99 Å². The predicted molar refractivity (Wildman–Crippen MR) is 86.7 cm³/mol. The third-order valence-electron chi connectivity index (χ3n) is 6.72. The van der Waals surface area contributed by atoms with E-state index in [4.69, 9.17) is 18.0 Å². The standard InChI is InChI=1S/C17H26N2OS/c18-15(21)13-2-1-3-14(13)19-16(20)17-7-10-4-11(8-17)6-12(5-10)9-17/h10-14H,1-9H2,(H2,18,21)(H,19,20). The second-order valence-electron chi connectivity index (χ2n) is 8.22. The van der Waals surface area contributed by atoms with Crippen molar-refractivity contribution in [3.63, 3.8) is 0 Å². The maximum Gasteiger partial charge on any atom is 0.226 e. The van der Waals surface area contributed by atoms with Crippen molar-refractivity contribution in [3.8, 4) is 0 Å². The van der Waals surface area contributed by atoms with Gasteiger partial charge in [-0.15, -0.1) is 0 Å². The summed E-state index contributed by atoms with van der Waals surface area (Å²) < 4.78 is 0. The number of carbonyl (C=O) groups is 1. The zero-order valence-electron chi connectivity index (χ0n) is 12.6. The van der Waals surface area contributed by atoms with Crippen LogP contribution in [-0.4, -0.2) is 16.9 Å². The van der Waals surface area contributed by atoms with Gasteiger partial charge in [-0.25, -0.2) is 0 Å². The lowest BCUT2D eigenvalue weighted by Gasteiger charge is -2.55. The quantitative estimate of drug-likeness (QED) is 0.788. The first-order valence-corrected chi connectivity index (χ1v) is 9.07. The molecule has 4 heteroatoms. The van der Waals surface area contributed by atoms with Crippen LogP contribution in [0.4, 0.5) is 0 Å². The molecule has 0 heterocycles. The molecule has 1 amide bonds. The van der Waals surface area contributed by atoms with Crippen LogP contribution in [0.3, 0.4) is 0 Å². The van der Waals surface area contributed by atoms with Crippen molar-refractivity contribution < 1.29 is 4.79 Å². The fraction of sp³-hybridized carbons (Fsp3) is 0.882. The van der Waals surface area contributed by atoms with E-state index in [-0.39, 0.29) is 17.4 Å². The molecule has 3 nitrogen and oxygen atoms in total. The zero-order chi connectivity index (χ0) is 14.6. The van der Waals surface area contributed by atoms with Gasteiger partial charge in [-0.3, -0.25) is 4.79 Å². The molecule has 4 bridgehead atoms. The van der Waals surface area contributed by atoms with Crippen molar-refractivity contribution in [1.29, 1.82) is 0 Å². The Labute approximate surface area is 132 Å². The molecular weight excluding hydrogens is 280 g/mol. The number of thiocarbonyl (C=S) groups is 1. The molecule has 2 unspecified atom stereocenters. The summed E-state index contributed by atoms with van der Waals surface area (Å²) in [7, 11) is 0. The first-order valence-electron chi connectivity index (χ1n) is 8.66. The van der Waals surface area contributed by atoms with Crippen molar-refractivity contribution in [2.45, 2.75) is 63.8 Å². The fourth-order valence-corrected chi connectivity index (χ4v) is 6.47. The van der Waals surface area contributed by atoms with Gasteiger partial charge in [0.1, 0.15) is 0 Å². The van der Waals surface area contributed by atoms with E-state index >= 15 is 0 Å². The topological polar surface area (TPSA) is 55.1 Å². The molecule has 0 saturated heterocycles. The third-order valence-corrected chi connectivity index (χ3v) is 7.02.